The first kappa shape index (κ1) is 13.5. The number of hydrogen-bond acceptors (Lipinski definition) is 1. The molecule has 0 aromatic heterocycles. The summed E-state index contributed by atoms with van der Waals surface area (Å²) in [5.74, 6) is -1.07. The maximum absolute atomic E-state index is 13.8. The Morgan fingerprint density at radius 2 is 1.83 bits per heavy atom. The van der Waals surface area contributed by atoms with Gasteiger partial charge in [0.1, 0.15) is 17.7 Å². The molecular formula is C13H8BrClF2O. The molecule has 1 N–H and O–H groups in total. The van der Waals surface area contributed by atoms with E-state index in [9.17, 15) is 13.9 Å². The van der Waals surface area contributed by atoms with Crippen molar-refractivity contribution in [2.45, 2.75) is 6.10 Å². The molecule has 0 aliphatic carbocycles. The van der Waals surface area contributed by atoms with Crippen molar-refractivity contribution in [2.24, 2.45) is 0 Å². The number of benzene rings is 2. The molecule has 0 fully saturated rings. The molecular weight excluding hydrogens is 325 g/mol. The van der Waals surface area contributed by atoms with Crippen LogP contribution in [0.3, 0.4) is 0 Å². The molecule has 2 aromatic rings. The third kappa shape index (κ3) is 2.55. The summed E-state index contributed by atoms with van der Waals surface area (Å²) in [7, 11) is 0. The molecule has 18 heavy (non-hydrogen) atoms. The molecule has 0 aliphatic heterocycles. The Bertz CT molecular complexity index is 589. The Morgan fingerprint density at radius 3 is 2.50 bits per heavy atom. The van der Waals surface area contributed by atoms with E-state index in [1.165, 1.54) is 24.3 Å². The third-order valence-electron chi connectivity index (χ3n) is 2.53. The van der Waals surface area contributed by atoms with Crippen LogP contribution in [0.2, 0.25) is 5.02 Å². The fourth-order valence-electron chi connectivity index (χ4n) is 1.62. The number of rotatable bonds is 2. The monoisotopic (exact) mass is 332 g/mol. The van der Waals surface area contributed by atoms with E-state index in [-0.39, 0.29) is 20.6 Å². The highest BCUT2D eigenvalue weighted by molar-refractivity contribution is 9.10. The molecule has 1 nitrogen and oxygen atoms in total. The molecule has 5 heteroatoms. The lowest BCUT2D eigenvalue weighted by Crippen LogP contribution is -2.04. The van der Waals surface area contributed by atoms with Gasteiger partial charge in [0.2, 0.25) is 0 Å². The van der Waals surface area contributed by atoms with Crippen molar-refractivity contribution in [1.29, 1.82) is 0 Å². The van der Waals surface area contributed by atoms with Crippen molar-refractivity contribution < 1.29 is 13.9 Å². The lowest BCUT2D eigenvalue weighted by atomic mass is 10.0. The summed E-state index contributed by atoms with van der Waals surface area (Å²) in [5.41, 5.74) is 0.341. The van der Waals surface area contributed by atoms with Gasteiger partial charge in [0.15, 0.2) is 0 Å². The normalized spacial score (nSPS) is 12.5. The average molecular weight is 334 g/mol. The summed E-state index contributed by atoms with van der Waals surface area (Å²) in [6.07, 6.45) is -1.24. The molecule has 0 amide bonds. The Labute approximate surface area is 116 Å². The van der Waals surface area contributed by atoms with Gasteiger partial charge < -0.3 is 5.11 Å². The molecule has 94 valence electrons. The van der Waals surface area contributed by atoms with Crippen molar-refractivity contribution in [2.75, 3.05) is 0 Å². The van der Waals surface area contributed by atoms with Gasteiger partial charge in [-0.15, -0.1) is 0 Å². The molecule has 0 saturated heterocycles. The van der Waals surface area contributed by atoms with Gasteiger partial charge in [-0.05, 0) is 34.1 Å². The molecule has 0 saturated carbocycles. The van der Waals surface area contributed by atoms with E-state index in [4.69, 9.17) is 11.6 Å². The first-order chi connectivity index (χ1) is 8.50. The number of aliphatic hydroxyl groups excluding tert-OH is 1. The quantitative estimate of drug-likeness (QED) is 0.860. The van der Waals surface area contributed by atoms with Crippen LogP contribution < -0.4 is 0 Å². The largest absolute Gasteiger partial charge is 0.383 e. The second kappa shape index (κ2) is 5.34. The maximum Gasteiger partial charge on any atom is 0.143 e. The van der Waals surface area contributed by atoms with Gasteiger partial charge in [0.25, 0.3) is 0 Å². The molecule has 1 atom stereocenters. The highest BCUT2D eigenvalue weighted by Crippen LogP contribution is 2.32. The van der Waals surface area contributed by atoms with Crippen molar-refractivity contribution in [3.05, 3.63) is 68.7 Å². The van der Waals surface area contributed by atoms with Crippen LogP contribution in [0.25, 0.3) is 0 Å². The number of aliphatic hydroxyl groups is 1. The van der Waals surface area contributed by atoms with Gasteiger partial charge in [-0.25, -0.2) is 8.78 Å². The summed E-state index contributed by atoms with van der Waals surface area (Å²) in [4.78, 5) is 0. The van der Waals surface area contributed by atoms with Crippen molar-refractivity contribution in [3.8, 4) is 0 Å². The third-order valence-corrected chi connectivity index (χ3v) is 3.47. The zero-order valence-electron chi connectivity index (χ0n) is 9.00. The SMILES string of the molecule is OC(c1ccc(F)cc1Cl)c1cccc(Br)c1F. The fraction of sp³-hybridized carbons (Fsp3) is 0.0769. The highest BCUT2D eigenvalue weighted by Gasteiger charge is 2.19. The van der Waals surface area contributed by atoms with Crippen molar-refractivity contribution in [3.63, 3.8) is 0 Å². The van der Waals surface area contributed by atoms with Crippen LogP contribution in [0.4, 0.5) is 8.78 Å². The molecule has 0 heterocycles. The lowest BCUT2D eigenvalue weighted by Gasteiger charge is -2.14. The Hall–Kier alpha value is -0.970. The fourth-order valence-corrected chi connectivity index (χ4v) is 2.27. The average Bonchev–Trinajstić information content (AvgIpc) is 2.32. The van der Waals surface area contributed by atoms with Gasteiger partial charge in [-0.3, -0.25) is 0 Å². The zero-order valence-corrected chi connectivity index (χ0v) is 11.3. The van der Waals surface area contributed by atoms with Crippen LogP contribution >= 0.6 is 27.5 Å². The minimum Gasteiger partial charge on any atom is -0.383 e. The number of halogens is 4. The van der Waals surface area contributed by atoms with Crippen molar-refractivity contribution >= 4 is 27.5 Å². The van der Waals surface area contributed by atoms with Gasteiger partial charge in [-0.1, -0.05) is 29.8 Å². The van der Waals surface area contributed by atoms with Crippen LogP contribution in [-0.2, 0) is 0 Å². The summed E-state index contributed by atoms with van der Waals surface area (Å²) in [6.45, 7) is 0. The van der Waals surface area contributed by atoms with E-state index in [0.717, 1.165) is 6.07 Å². The number of hydrogen-bond donors (Lipinski definition) is 1. The Morgan fingerprint density at radius 1 is 1.11 bits per heavy atom. The second-order valence-electron chi connectivity index (χ2n) is 3.71. The molecule has 2 aromatic carbocycles. The molecule has 2 rings (SSSR count). The first-order valence-corrected chi connectivity index (χ1v) is 6.24. The lowest BCUT2D eigenvalue weighted by molar-refractivity contribution is 0.214. The van der Waals surface area contributed by atoms with Crippen molar-refractivity contribution in [1.82, 2.24) is 0 Å². The maximum atomic E-state index is 13.8. The van der Waals surface area contributed by atoms with Crippen LogP contribution in [0, 0.1) is 11.6 Å². The van der Waals surface area contributed by atoms with Crippen LogP contribution in [-0.4, -0.2) is 5.11 Å². The summed E-state index contributed by atoms with van der Waals surface area (Å²) >= 11 is 8.87. The first-order valence-electron chi connectivity index (χ1n) is 5.07. The topological polar surface area (TPSA) is 20.2 Å². The minimum absolute atomic E-state index is 0.0573. The van der Waals surface area contributed by atoms with Crippen LogP contribution in [0.5, 0.6) is 0 Å². The molecule has 0 radical (unpaired) electrons. The second-order valence-corrected chi connectivity index (χ2v) is 4.97. The van der Waals surface area contributed by atoms with Crippen LogP contribution in [0.1, 0.15) is 17.2 Å². The zero-order chi connectivity index (χ0) is 13.3. The van der Waals surface area contributed by atoms with Gasteiger partial charge >= 0.3 is 0 Å². The summed E-state index contributed by atoms with van der Waals surface area (Å²) < 4.78 is 27.0. The van der Waals surface area contributed by atoms with Crippen LogP contribution in [0.15, 0.2) is 40.9 Å². The smallest absolute Gasteiger partial charge is 0.143 e. The van der Waals surface area contributed by atoms with Gasteiger partial charge in [0, 0.05) is 16.1 Å². The van der Waals surface area contributed by atoms with E-state index in [1.807, 2.05) is 0 Å². The van der Waals surface area contributed by atoms with Gasteiger partial charge in [0.05, 0.1) is 4.47 Å². The molecule has 0 aliphatic rings. The van der Waals surface area contributed by atoms with E-state index in [0.29, 0.717) is 0 Å². The van der Waals surface area contributed by atoms with E-state index in [1.54, 1.807) is 6.07 Å². The van der Waals surface area contributed by atoms with E-state index < -0.39 is 17.7 Å². The van der Waals surface area contributed by atoms with E-state index in [2.05, 4.69) is 15.9 Å². The summed E-state index contributed by atoms with van der Waals surface area (Å²) in [5, 5.41) is 10.2. The highest BCUT2D eigenvalue weighted by atomic mass is 79.9. The molecule has 0 bridgehead atoms. The molecule has 1 unspecified atom stereocenters. The van der Waals surface area contributed by atoms with Gasteiger partial charge in [-0.2, -0.15) is 0 Å². The Balaban J connectivity index is 2.48. The predicted molar refractivity (Wildman–Crippen MR) is 69.6 cm³/mol. The standard InChI is InChI=1S/C13H8BrClF2O/c14-10-3-1-2-9(12(10)17)13(18)8-5-4-7(16)6-11(8)15/h1-6,13,18H. The van der Waals surface area contributed by atoms with E-state index >= 15 is 0 Å². The predicted octanol–water partition coefficient (Wildman–Crippen LogP) is 4.46. The minimum atomic E-state index is -1.24. The summed E-state index contributed by atoms with van der Waals surface area (Å²) in [6, 6.07) is 8.16. The Kier molecular flexibility index (Phi) is 4.00. The molecule has 0 spiro atoms.